The molecule has 0 aliphatic heterocycles. The molecule has 0 bridgehead atoms. The van der Waals surface area contributed by atoms with Gasteiger partial charge in [-0.3, -0.25) is 0 Å². The van der Waals surface area contributed by atoms with Crippen LogP contribution in [0.15, 0.2) is 0 Å². The average molecular weight is 338 g/mol. The molecule has 0 aromatic rings. The van der Waals surface area contributed by atoms with Gasteiger partial charge in [0.25, 0.3) is 0 Å². The first-order valence-electron chi connectivity index (χ1n) is 1.33. The zero-order chi connectivity index (χ0) is 9.00. The van der Waals surface area contributed by atoms with Gasteiger partial charge in [-0.1, -0.05) is 0 Å². The van der Waals surface area contributed by atoms with E-state index in [1.165, 1.54) is 0 Å². The topological polar surface area (TPSA) is 161 Å². The largest absolute Gasteiger partial charge is 4.00 e. The molecule has 0 aromatic carbocycles. The molecule has 0 fully saturated rings. The van der Waals surface area contributed by atoms with Gasteiger partial charge < -0.3 is 0 Å². The maximum Gasteiger partial charge on any atom is 4.00 e. The van der Waals surface area contributed by atoms with Gasteiger partial charge in [-0.2, -0.15) is 0 Å². The Morgan fingerprint density at radius 1 is 0.636 bits per heavy atom. The fraction of sp³-hybridized carbons (Fsp3) is 0. The van der Waals surface area contributed by atoms with E-state index in [9.17, 15) is 0 Å². The molecular weight excluding hydrogens is 338 g/mol. The van der Waals surface area contributed by atoms with Crippen LogP contribution < -0.4 is 16.6 Å². The van der Waals surface area contributed by atoms with Crippen LogP contribution in [0.1, 0.15) is 0 Å². The van der Waals surface area contributed by atoms with Gasteiger partial charge in [0.2, 0.25) is 0 Å². The third-order valence-electron chi connectivity index (χ3n) is 0. The predicted octanol–water partition coefficient (Wildman–Crippen LogP) is -5.24. The Balaban J connectivity index is -0.000000107. The summed E-state index contributed by atoms with van der Waals surface area (Å²) < 4.78 is 68.8. The molecule has 0 aliphatic carbocycles. The Bertz CT molecular complexity index is 208. The van der Waals surface area contributed by atoms with Crippen molar-refractivity contribution in [2.45, 2.75) is 0 Å². The van der Waals surface area contributed by atoms with Gasteiger partial charge in [0.15, 0.2) is 0 Å². The van der Waals surface area contributed by atoms with Crippen molar-refractivity contribution in [1.29, 1.82) is 0 Å². The summed E-state index contributed by atoms with van der Waals surface area (Å²) in [6.07, 6.45) is 0. The second kappa shape index (κ2) is 6.30. The normalized spacial score (nSPS) is 10.5. The van der Waals surface area contributed by atoms with Gasteiger partial charge in [-0.25, -0.2) is 0 Å². The second-order valence-corrected chi connectivity index (χ2v) is 3.37. The molecule has 0 N–H and O–H groups in total. The monoisotopic (exact) mass is 338 g/mol. The number of rotatable bonds is 0. The van der Waals surface area contributed by atoms with Crippen molar-refractivity contribution in [1.82, 2.24) is 0 Å². The first kappa shape index (κ1) is 17.7. The van der Waals surface area contributed by atoms with Crippen molar-refractivity contribution < 1.29 is 79.5 Å². The van der Waals surface area contributed by atoms with Crippen molar-refractivity contribution in [3.05, 3.63) is 0 Å². The van der Waals surface area contributed by atoms with Gasteiger partial charge in [0.05, 0.1) is 0 Å². The Kier molecular flexibility index (Phi) is 10.2. The second-order valence-electron chi connectivity index (χ2n) is 0.816. The molecule has 8 nitrogen and oxygen atoms in total. The fourth-order valence-corrected chi connectivity index (χ4v) is 0. The molecule has 11 heteroatoms. The van der Waals surface area contributed by atoms with Crippen LogP contribution in [0, 0.1) is 0 Å². The van der Waals surface area contributed by atoms with Crippen molar-refractivity contribution in [2.75, 3.05) is 0 Å². The van der Waals surface area contributed by atoms with E-state index < -0.39 is 27.2 Å². The van der Waals surface area contributed by atoms with E-state index in [0.717, 1.165) is 0 Å². The van der Waals surface area contributed by atoms with E-state index in [2.05, 4.69) is 0 Å². The SMILES string of the molecule is [O]=[Cr](=[O])([O-])[O-].[O]=[Cr](=[O])([O-])[O-].[Pd+4]. The molecule has 0 saturated heterocycles. The van der Waals surface area contributed by atoms with E-state index in [1.54, 1.807) is 0 Å². The Morgan fingerprint density at radius 2 is 0.636 bits per heavy atom. The first-order valence-corrected chi connectivity index (χ1v) is 5.50. The van der Waals surface area contributed by atoms with Crippen molar-refractivity contribution in [3.8, 4) is 0 Å². The molecule has 70 valence electrons. The molecule has 11 heavy (non-hydrogen) atoms. The average Bonchev–Trinajstić information content (AvgIpc) is 1.12. The summed E-state index contributed by atoms with van der Waals surface area (Å²) >= 11 is -11.5. The van der Waals surface area contributed by atoms with E-state index >= 15 is 0 Å². The third-order valence-corrected chi connectivity index (χ3v) is 0. The fourth-order valence-electron chi connectivity index (χ4n) is 0. The van der Waals surface area contributed by atoms with Crippen LogP contribution >= 0.6 is 0 Å². The van der Waals surface area contributed by atoms with E-state index in [1.807, 2.05) is 0 Å². The summed E-state index contributed by atoms with van der Waals surface area (Å²) in [5, 5.41) is 0. The van der Waals surface area contributed by atoms with E-state index in [-0.39, 0.29) is 20.4 Å². The van der Waals surface area contributed by atoms with Gasteiger partial charge in [-0.15, -0.1) is 0 Å². The Hall–Kier alpha value is 0.767. The van der Waals surface area contributed by atoms with Crippen LogP contribution in [-0.2, 0) is 62.9 Å². The zero-order valence-electron chi connectivity index (χ0n) is 4.40. The smallest absolute Gasteiger partial charge is 4.00 e. The summed E-state index contributed by atoms with van der Waals surface area (Å²) in [6, 6.07) is 0. The van der Waals surface area contributed by atoms with Gasteiger partial charge in [-0.05, 0) is 0 Å². The number of hydrogen-bond acceptors (Lipinski definition) is 8. The minimum Gasteiger partial charge on any atom is 4.00 e. The minimum atomic E-state index is -5.75. The van der Waals surface area contributed by atoms with E-state index in [0.29, 0.717) is 0 Å². The first-order chi connectivity index (χ1) is 4.00. The predicted molar refractivity (Wildman–Crippen MR) is 2.75 cm³/mol. The molecule has 0 aromatic heterocycles. The molecule has 0 heterocycles. The Morgan fingerprint density at radius 3 is 0.636 bits per heavy atom. The molecular formula is Cr2O8Pd. The standard InChI is InChI=1S/2Cr.8O.Pd/q;;;;;;4*-1;+4. The molecule has 0 atom stereocenters. The summed E-state index contributed by atoms with van der Waals surface area (Å²) in [5.74, 6) is 0. The van der Waals surface area contributed by atoms with Crippen LogP contribution in [0.4, 0.5) is 0 Å². The third kappa shape index (κ3) is 1410. The van der Waals surface area contributed by atoms with Gasteiger partial charge >= 0.3 is 79.5 Å². The maximum atomic E-state index is 8.59. The van der Waals surface area contributed by atoms with Crippen molar-refractivity contribution in [3.63, 3.8) is 0 Å². The molecule has 0 aliphatic rings. The number of hydrogen-bond donors (Lipinski definition) is 0. The quantitative estimate of drug-likeness (QED) is 0.396. The summed E-state index contributed by atoms with van der Waals surface area (Å²) in [6.45, 7) is 0. The van der Waals surface area contributed by atoms with Crippen LogP contribution in [-0.4, -0.2) is 0 Å². The zero-order valence-corrected chi connectivity index (χ0v) is 8.50. The van der Waals surface area contributed by atoms with Crippen LogP contribution in [0.25, 0.3) is 0 Å². The van der Waals surface area contributed by atoms with Crippen molar-refractivity contribution in [2.24, 2.45) is 0 Å². The molecule has 0 spiro atoms. The molecule has 0 amide bonds. The van der Waals surface area contributed by atoms with Crippen molar-refractivity contribution >= 4 is 0 Å². The van der Waals surface area contributed by atoms with Crippen LogP contribution in [0.3, 0.4) is 0 Å². The summed E-state index contributed by atoms with van der Waals surface area (Å²) in [4.78, 5) is 0. The Labute approximate surface area is 79.3 Å². The molecule has 0 saturated carbocycles. The molecule has 0 radical (unpaired) electrons. The minimum absolute atomic E-state index is 0. The van der Waals surface area contributed by atoms with Crippen LogP contribution in [0.2, 0.25) is 0 Å². The van der Waals surface area contributed by atoms with Crippen LogP contribution in [0.5, 0.6) is 0 Å². The molecule has 0 rings (SSSR count). The molecule has 0 unspecified atom stereocenters. The summed E-state index contributed by atoms with van der Waals surface area (Å²) in [5.41, 5.74) is 0. The van der Waals surface area contributed by atoms with E-state index in [4.69, 9.17) is 31.8 Å². The van der Waals surface area contributed by atoms with Gasteiger partial charge in [0, 0.05) is 0 Å². The summed E-state index contributed by atoms with van der Waals surface area (Å²) in [7, 11) is 0. The van der Waals surface area contributed by atoms with Gasteiger partial charge in [0.1, 0.15) is 0 Å². The maximum absolute atomic E-state index is 8.59.